The first-order valence-corrected chi connectivity index (χ1v) is 5.32. The van der Waals surface area contributed by atoms with Crippen LogP contribution in [0.1, 0.15) is 35.2 Å². The first-order chi connectivity index (χ1) is 7.36. The van der Waals surface area contributed by atoms with E-state index in [4.69, 9.17) is 4.74 Å². The van der Waals surface area contributed by atoms with Crippen molar-refractivity contribution in [2.24, 2.45) is 0 Å². The molecule has 1 aromatic rings. The Kier molecular flexibility index (Phi) is 1.88. The molecule has 0 amide bonds. The van der Waals surface area contributed by atoms with E-state index in [-0.39, 0.29) is 0 Å². The first kappa shape index (κ1) is 8.72. The van der Waals surface area contributed by atoms with E-state index in [0.29, 0.717) is 6.10 Å². The zero-order valence-corrected chi connectivity index (χ0v) is 8.40. The second-order valence-electron chi connectivity index (χ2n) is 4.12. The molecule has 0 aliphatic heterocycles. The molecule has 0 unspecified atom stereocenters. The third-order valence-electron chi connectivity index (χ3n) is 2.71. The zero-order chi connectivity index (χ0) is 10.3. The molecule has 0 atom stereocenters. The van der Waals surface area contributed by atoms with Gasteiger partial charge in [0.1, 0.15) is 12.0 Å². The Morgan fingerprint density at radius 1 is 1.33 bits per heavy atom. The van der Waals surface area contributed by atoms with Crippen LogP contribution in [-0.2, 0) is 0 Å². The van der Waals surface area contributed by atoms with Gasteiger partial charge in [0.15, 0.2) is 0 Å². The van der Waals surface area contributed by atoms with Crippen LogP contribution < -0.4 is 4.74 Å². The molecule has 2 nitrogen and oxygen atoms in total. The largest absolute Gasteiger partial charge is 0.490 e. The van der Waals surface area contributed by atoms with Gasteiger partial charge < -0.3 is 4.74 Å². The van der Waals surface area contributed by atoms with E-state index in [9.17, 15) is 4.79 Å². The van der Waals surface area contributed by atoms with Gasteiger partial charge in [0.2, 0.25) is 0 Å². The van der Waals surface area contributed by atoms with Gasteiger partial charge in [-0.05, 0) is 43.0 Å². The normalized spacial score (nSPS) is 18.3. The smallest absolute Gasteiger partial charge is 0.150 e. The molecule has 3 rings (SSSR count). The van der Waals surface area contributed by atoms with Crippen LogP contribution in [0.3, 0.4) is 0 Å². The third-order valence-corrected chi connectivity index (χ3v) is 2.71. The summed E-state index contributed by atoms with van der Waals surface area (Å²) < 4.78 is 5.80. The average molecular weight is 200 g/mol. The molecule has 0 radical (unpaired) electrons. The predicted octanol–water partition coefficient (Wildman–Crippen LogP) is 2.83. The number of carbonyl (C=O) groups excluding carboxylic acids is 1. The minimum Gasteiger partial charge on any atom is -0.490 e. The van der Waals surface area contributed by atoms with Crippen molar-refractivity contribution >= 4 is 11.9 Å². The van der Waals surface area contributed by atoms with Crippen LogP contribution in [0.2, 0.25) is 0 Å². The van der Waals surface area contributed by atoms with Gasteiger partial charge in [0.05, 0.1) is 6.10 Å². The lowest BCUT2D eigenvalue weighted by Gasteiger charge is -2.09. The summed E-state index contributed by atoms with van der Waals surface area (Å²) in [5.41, 5.74) is 3.13. The van der Waals surface area contributed by atoms with Crippen molar-refractivity contribution in [3.05, 3.63) is 35.4 Å². The Bertz CT molecular complexity index is 442. The molecule has 0 aromatic heterocycles. The fourth-order valence-corrected chi connectivity index (χ4v) is 1.61. The molecule has 76 valence electrons. The van der Waals surface area contributed by atoms with Crippen molar-refractivity contribution in [1.82, 2.24) is 0 Å². The Labute approximate surface area is 88.6 Å². The molecule has 0 spiro atoms. The van der Waals surface area contributed by atoms with Gasteiger partial charge in [0, 0.05) is 11.1 Å². The van der Waals surface area contributed by atoms with E-state index in [1.165, 1.54) is 5.57 Å². The fourth-order valence-electron chi connectivity index (χ4n) is 1.61. The van der Waals surface area contributed by atoms with Gasteiger partial charge in [-0.2, -0.15) is 0 Å². The highest BCUT2D eigenvalue weighted by Gasteiger charge is 2.26. The SMILES string of the molecule is O=Cc1ccc(OC2CC2)c(C2=CC2)c1. The second kappa shape index (κ2) is 3.23. The number of hydrogen-bond donors (Lipinski definition) is 0. The summed E-state index contributed by atoms with van der Waals surface area (Å²) in [5.74, 6) is 0.937. The lowest BCUT2D eigenvalue weighted by Crippen LogP contribution is -1.98. The van der Waals surface area contributed by atoms with Crippen molar-refractivity contribution < 1.29 is 9.53 Å². The first-order valence-electron chi connectivity index (χ1n) is 5.32. The Morgan fingerprint density at radius 2 is 2.13 bits per heavy atom. The average Bonchev–Trinajstić information content (AvgIpc) is 3.12. The minimum absolute atomic E-state index is 0.408. The van der Waals surface area contributed by atoms with Crippen LogP contribution in [-0.4, -0.2) is 12.4 Å². The molecule has 2 aliphatic rings. The summed E-state index contributed by atoms with van der Waals surface area (Å²) >= 11 is 0. The molecule has 2 aliphatic carbocycles. The minimum atomic E-state index is 0.408. The summed E-state index contributed by atoms with van der Waals surface area (Å²) in [6, 6.07) is 5.65. The van der Waals surface area contributed by atoms with E-state index in [2.05, 4.69) is 6.08 Å². The third kappa shape index (κ3) is 1.80. The number of hydrogen-bond acceptors (Lipinski definition) is 2. The van der Waals surface area contributed by atoms with Crippen LogP contribution in [0, 0.1) is 0 Å². The second-order valence-corrected chi connectivity index (χ2v) is 4.12. The predicted molar refractivity (Wildman–Crippen MR) is 58.1 cm³/mol. The molecule has 1 fully saturated rings. The highest BCUT2D eigenvalue weighted by molar-refractivity contribution is 5.85. The lowest BCUT2D eigenvalue weighted by atomic mass is 10.1. The number of allylic oxidation sites excluding steroid dienone is 2. The highest BCUT2D eigenvalue weighted by atomic mass is 16.5. The molecular formula is C13H12O2. The Hall–Kier alpha value is -1.57. The summed E-state index contributed by atoms with van der Waals surface area (Å²) in [4.78, 5) is 10.7. The lowest BCUT2D eigenvalue weighted by molar-refractivity contribution is 0.112. The van der Waals surface area contributed by atoms with Gasteiger partial charge in [-0.3, -0.25) is 4.79 Å². The van der Waals surface area contributed by atoms with Gasteiger partial charge in [-0.15, -0.1) is 0 Å². The number of ether oxygens (including phenoxy) is 1. The zero-order valence-electron chi connectivity index (χ0n) is 8.40. The van der Waals surface area contributed by atoms with Crippen LogP contribution in [0.4, 0.5) is 0 Å². The molecule has 1 aromatic carbocycles. The number of benzene rings is 1. The van der Waals surface area contributed by atoms with E-state index in [1.54, 1.807) is 0 Å². The summed E-state index contributed by atoms with van der Waals surface area (Å²) in [6.45, 7) is 0. The van der Waals surface area contributed by atoms with E-state index in [1.807, 2.05) is 18.2 Å². The Balaban J connectivity index is 1.95. The van der Waals surface area contributed by atoms with Crippen molar-refractivity contribution in [2.75, 3.05) is 0 Å². The maximum Gasteiger partial charge on any atom is 0.150 e. The summed E-state index contributed by atoms with van der Waals surface area (Å²) in [5, 5.41) is 0. The molecule has 1 saturated carbocycles. The van der Waals surface area contributed by atoms with E-state index in [0.717, 1.165) is 42.4 Å². The number of aldehydes is 1. The quantitative estimate of drug-likeness (QED) is 0.698. The molecule has 0 N–H and O–H groups in total. The maximum atomic E-state index is 10.7. The molecular weight excluding hydrogens is 188 g/mol. The van der Waals surface area contributed by atoms with Crippen LogP contribution in [0.5, 0.6) is 5.75 Å². The van der Waals surface area contributed by atoms with Crippen LogP contribution in [0.15, 0.2) is 24.3 Å². The monoisotopic (exact) mass is 200 g/mol. The number of carbonyl (C=O) groups is 1. The van der Waals surface area contributed by atoms with Gasteiger partial charge in [0.25, 0.3) is 0 Å². The maximum absolute atomic E-state index is 10.7. The molecule has 15 heavy (non-hydrogen) atoms. The van der Waals surface area contributed by atoms with Crippen LogP contribution >= 0.6 is 0 Å². The summed E-state index contributed by atoms with van der Waals surface area (Å²) in [6.07, 6.45) is 6.80. The standard InChI is InChI=1S/C13H12O2/c14-8-9-1-6-13(15-11-4-5-11)12(7-9)10-2-3-10/h1-2,6-8,11H,3-5H2. The fraction of sp³-hybridized carbons (Fsp3) is 0.308. The topological polar surface area (TPSA) is 26.3 Å². The number of rotatable bonds is 4. The molecule has 2 heteroatoms. The molecule has 0 saturated heterocycles. The summed E-state index contributed by atoms with van der Waals surface area (Å²) in [7, 11) is 0. The van der Waals surface area contributed by atoms with Gasteiger partial charge in [-0.25, -0.2) is 0 Å². The van der Waals surface area contributed by atoms with Crippen molar-refractivity contribution in [1.29, 1.82) is 0 Å². The Morgan fingerprint density at radius 3 is 2.73 bits per heavy atom. The van der Waals surface area contributed by atoms with Gasteiger partial charge >= 0.3 is 0 Å². The molecule has 0 bridgehead atoms. The van der Waals surface area contributed by atoms with E-state index < -0.39 is 0 Å². The van der Waals surface area contributed by atoms with Crippen molar-refractivity contribution in [3.63, 3.8) is 0 Å². The van der Waals surface area contributed by atoms with Crippen molar-refractivity contribution in [2.45, 2.75) is 25.4 Å². The molecule has 0 heterocycles. The van der Waals surface area contributed by atoms with Crippen molar-refractivity contribution in [3.8, 4) is 5.75 Å². The van der Waals surface area contributed by atoms with Gasteiger partial charge in [-0.1, -0.05) is 6.08 Å². The highest BCUT2D eigenvalue weighted by Crippen LogP contribution is 2.39. The van der Waals surface area contributed by atoms with E-state index >= 15 is 0 Å². The van der Waals surface area contributed by atoms with Crippen LogP contribution in [0.25, 0.3) is 5.57 Å².